The third-order valence-corrected chi connectivity index (χ3v) is 4.47. The van der Waals surface area contributed by atoms with Gasteiger partial charge in [-0.05, 0) is 63.6 Å². The van der Waals surface area contributed by atoms with E-state index in [1.54, 1.807) is 4.90 Å². The lowest BCUT2D eigenvalue weighted by atomic mass is 9.93. The number of amides is 1. The van der Waals surface area contributed by atoms with E-state index in [1.807, 2.05) is 27.0 Å². The van der Waals surface area contributed by atoms with Gasteiger partial charge in [0.15, 0.2) is 0 Å². The molecular weight excluding hydrogens is 290 g/mol. The molecule has 3 rings (SSSR count). The minimum atomic E-state index is -0.436. The minimum absolute atomic E-state index is 0.212. The topological polar surface area (TPSA) is 45.7 Å². The van der Waals surface area contributed by atoms with Crippen molar-refractivity contribution in [2.45, 2.75) is 52.1 Å². The average molecular weight is 317 g/mol. The van der Waals surface area contributed by atoms with Gasteiger partial charge in [-0.15, -0.1) is 0 Å². The molecule has 0 spiro atoms. The molecule has 0 aromatic carbocycles. The molecule has 1 saturated heterocycles. The monoisotopic (exact) mass is 317 g/mol. The Labute approximate surface area is 138 Å². The van der Waals surface area contributed by atoms with Crippen LogP contribution in [0.3, 0.4) is 0 Å². The Morgan fingerprint density at radius 3 is 2.39 bits per heavy atom. The standard InChI is InChI=1S/C18H27N3O2/c1-18(2,3)23-17(22)21-10-8-20(9-11-21)16-12-14-6-4-5-7-15(14)13-19-16/h12-13H,4-11H2,1-3H3. The van der Waals surface area contributed by atoms with Gasteiger partial charge < -0.3 is 14.5 Å². The van der Waals surface area contributed by atoms with Crippen molar-refractivity contribution in [3.8, 4) is 0 Å². The smallest absolute Gasteiger partial charge is 0.410 e. The number of nitrogens with zero attached hydrogens (tertiary/aromatic N) is 3. The van der Waals surface area contributed by atoms with Crippen LogP contribution in [0.15, 0.2) is 12.3 Å². The van der Waals surface area contributed by atoms with Crippen molar-refractivity contribution < 1.29 is 9.53 Å². The zero-order valence-corrected chi connectivity index (χ0v) is 14.5. The molecule has 0 unspecified atom stereocenters. The lowest BCUT2D eigenvalue weighted by molar-refractivity contribution is 0.0240. The molecule has 1 aromatic rings. The number of fused-ring (bicyclic) bond motifs is 1. The summed E-state index contributed by atoms with van der Waals surface area (Å²) in [6.45, 7) is 8.70. The van der Waals surface area contributed by atoms with Crippen molar-refractivity contribution in [3.05, 3.63) is 23.4 Å². The van der Waals surface area contributed by atoms with Crippen LogP contribution in [0.1, 0.15) is 44.7 Å². The van der Waals surface area contributed by atoms with Crippen molar-refractivity contribution in [3.63, 3.8) is 0 Å². The summed E-state index contributed by atoms with van der Waals surface area (Å²) in [5.74, 6) is 1.05. The molecule has 0 N–H and O–H groups in total. The van der Waals surface area contributed by atoms with E-state index in [-0.39, 0.29) is 6.09 Å². The summed E-state index contributed by atoms with van der Waals surface area (Å²) in [6.07, 6.45) is 6.73. The van der Waals surface area contributed by atoms with Gasteiger partial charge in [0.2, 0.25) is 0 Å². The molecule has 5 heteroatoms. The first-order chi connectivity index (χ1) is 10.9. The van der Waals surface area contributed by atoms with Crippen molar-refractivity contribution in [1.29, 1.82) is 0 Å². The molecule has 0 bridgehead atoms. The highest BCUT2D eigenvalue weighted by Crippen LogP contribution is 2.24. The second-order valence-corrected chi connectivity index (χ2v) is 7.47. The molecule has 1 amide bonds. The number of aromatic nitrogens is 1. The summed E-state index contributed by atoms with van der Waals surface area (Å²) in [6, 6.07) is 2.25. The maximum atomic E-state index is 12.1. The van der Waals surface area contributed by atoms with Gasteiger partial charge in [-0.3, -0.25) is 0 Å². The maximum absolute atomic E-state index is 12.1. The van der Waals surface area contributed by atoms with Crippen LogP contribution < -0.4 is 4.90 Å². The van der Waals surface area contributed by atoms with Crippen molar-refractivity contribution in [2.24, 2.45) is 0 Å². The molecule has 0 radical (unpaired) electrons. The predicted molar refractivity (Wildman–Crippen MR) is 90.9 cm³/mol. The highest BCUT2D eigenvalue weighted by molar-refractivity contribution is 5.68. The predicted octanol–water partition coefficient (Wildman–Crippen LogP) is 3.02. The van der Waals surface area contributed by atoms with Crippen LogP contribution in [0.2, 0.25) is 0 Å². The lowest BCUT2D eigenvalue weighted by Crippen LogP contribution is -2.50. The molecular formula is C18H27N3O2. The molecule has 0 atom stereocenters. The van der Waals surface area contributed by atoms with E-state index in [4.69, 9.17) is 4.74 Å². The molecule has 1 aliphatic heterocycles. The van der Waals surface area contributed by atoms with Crippen LogP contribution in [-0.4, -0.2) is 47.8 Å². The third kappa shape index (κ3) is 3.95. The van der Waals surface area contributed by atoms with E-state index < -0.39 is 5.60 Å². The Morgan fingerprint density at radius 2 is 1.74 bits per heavy atom. The normalized spacial score (nSPS) is 18.6. The molecule has 2 aliphatic rings. The van der Waals surface area contributed by atoms with Crippen molar-refractivity contribution in [1.82, 2.24) is 9.88 Å². The van der Waals surface area contributed by atoms with Crippen molar-refractivity contribution >= 4 is 11.9 Å². The van der Waals surface area contributed by atoms with E-state index in [9.17, 15) is 4.79 Å². The first-order valence-electron chi connectivity index (χ1n) is 8.63. The van der Waals surface area contributed by atoms with Gasteiger partial charge in [-0.25, -0.2) is 9.78 Å². The number of rotatable bonds is 1. The molecule has 5 nitrogen and oxygen atoms in total. The lowest BCUT2D eigenvalue weighted by Gasteiger charge is -2.36. The van der Waals surface area contributed by atoms with Gasteiger partial charge in [0.05, 0.1) is 0 Å². The van der Waals surface area contributed by atoms with Gasteiger partial charge in [0, 0.05) is 32.4 Å². The number of carbonyl (C=O) groups excluding carboxylic acids is 1. The van der Waals surface area contributed by atoms with Crippen LogP contribution in [-0.2, 0) is 17.6 Å². The van der Waals surface area contributed by atoms with Crippen LogP contribution in [0.4, 0.5) is 10.6 Å². The Morgan fingerprint density at radius 1 is 1.09 bits per heavy atom. The molecule has 1 fully saturated rings. The van der Waals surface area contributed by atoms with Crippen LogP contribution >= 0.6 is 0 Å². The van der Waals surface area contributed by atoms with E-state index >= 15 is 0 Å². The highest BCUT2D eigenvalue weighted by atomic mass is 16.6. The van der Waals surface area contributed by atoms with Crippen LogP contribution in [0.5, 0.6) is 0 Å². The van der Waals surface area contributed by atoms with Gasteiger partial charge in [0.25, 0.3) is 0 Å². The zero-order valence-electron chi connectivity index (χ0n) is 14.5. The van der Waals surface area contributed by atoms with Gasteiger partial charge in [-0.2, -0.15) is 0 Å². The fourth-order valence-corrected chi connectivity index (χ4v) is 3.22. The minimum Gasteiger partial charge on any atom is -0.444 e. The molecule has 2 heterocycles. The van der Waals surface area contributed by atoms with Gasteiger partial charge in [-0.1, -0.05) is 0 Å². The summed E-state index contributed by atoms with van der Waals surface area (Å²) in [5.41, 5.74) is 2.43. The van der Waals surface area contributed by atoms with Gasteiger partial charge in [0.1, 0.15) is 11.4 Å². The second-order valence-electron chi connectivity index (χ2n) is 7.47. The molecule has 23 heavy (non-hydrogen) atoms. The quantitative estimate of drug-likeness (QED) is 0.799. The van der Waals surface area contributed by atoms with Gasteiger partial charge >= 0.3 is 6.09 Å². The summed E-state index contributed by atoms with van der Waals surface area (Å²) in [7, 11) is 0. The largest absolute Gasteiger partial charge is 0.444 e. The fourth-order valence-electron chi connectivity index (χ4n) is 3.22. The number of piperazine rings is 1. The van der Waals surface area contributed by atoms with Crippen molar-refractivity contribution in [2.75, 3.05) is 31.1 Å². The van der Waals surface area contributed by atoms with E-state index in [2.05, 4.69) is 16.0 Å². The van der Waals surface area contributed by atoms with E-state index in [1.165, 1.54) is 30.4 Å². The number of anilines is 1. The summed E-state index contributed by atoms with van der Waals surface area (Å²) in [4.78, 5) is 20.8. The van der Waals surface area contributed by atoms with E-state index in [0.717, 1.165) is 25.3 Å². The van der Waals surface area contributed by atoms with E-state index in [0.29, 0.717) is 13.1 Å². The number of hydrogen-bond donors (Lipinski definition) is 0. The Bertz CT molecular complexity index is 572. The zero-order chi connectivity index (χ0) is 16.4. The number of carbonyl (C=O) groups is 1. The SMILES string of the molecule is CC(C)(C)OC(=O)N1CCN(c2cc3c(cn2)CCCC3)CC1. The Balaban J connectivity index is 1.60. The number of aryl methyl sites for hydroxylation is 2. The number of hydrogen-bond acceptors (Lipinski definition) is 4. The second kappa shape index (κ2) is 6.38. The molecule has 1 aromatic heterocycles. The Hall–Kier alpha value is -1.78. The number of pyridine rings is 1. The summed E-state index contributed by atoms with van der Waals surface area (Å²) < 4.78 is 5.45. The maximum Gasteiger partial charge on any atom is 0.410 e. The first-order valence-corrected chi connectivity index (χ1v) is 8.63. The molecule has 0 saturated carbocycles. The summed E-state index contributed by atoms with van der Waals surface area (Å²) >= 11 is 0. The Kier molecular flexibility index (Phi) is 4.46. The molecule has 1 aliphatic carbocycles. The van der Waals surface area contributed by atoms with Crippen LogP contribution in [0.25, 0.3) is 0 Å². The fraction of sp³-hybridized carbons (Fsp3) is 0.667. The average Bonchev–Trinajstić information content (AvgIpc) is 2.53. The third-order valence-electron chi connectivity index (χ3n) is 4.47. The number of ether oxygens (including phenoxy) is 1. The summed E-state index contributed by atoms with van der Waals surface area (Å²) in [5, 5.41) is 0. The first kappa shape index (κ1) is 16.1. The highest BCUT2D eigenvalue weighted by Gasteiger charge is 2.26. The molecule has 126 valence electrons. The van der Waals surface area contributed by atoms with Crippen LogP contribution in [0, 0.1) is 0 Å².